The molecule has 2 bridgehead atoms. The first-order valence-electron chi connectivity index (χ1n) is 12.7. The van der Waals surface area contributed by atoms with Crippen molar-refractivity contribution in [3.05, 3.63) is 71.2 Å². The number of fused-ring (bicyclic) bond motifs is 4. The van der Waals surface area contributed by atoms with Gasteiger partial charge in [0.05, 0.1) is 22.7 Å². The number of rotatable bonds is 5. The molecular weight excluding hydrogens is 531 g/mol. The van der Waals surface area contributed by atoms with E-state index in [1.54, 1.807) is 0 Å². The molecule has 3 fully saturated rings. The highest BCUT2D eigenvalue weighted by atomic mass is 19.2. The summed E-state index contributed by atoms with van der Waals surface area (Å²) in [6, 6.07) is 5.51. The summed E-state index contributed by atoms with van der Waals surface area (Å²) in [6.45, 7) is 0. The highest BCUT2D eigenvalue weighted by Gasteiger charge is 2.47. The third-order valence-corrected chi connectivity index (χ3v) is 8.23. The summed E-state index contributed by atoms with van der Waals surface area (Å²) in [6.07, 6.45) is 4.25. The molecule has 40 heavy (non-hydrogen) atoms. The molecule has 3 aliphatic carbocycles. The Morgan fingerprint density at radius 2 is 1.73 bits per heavy atom. The Morgan fingerprint density at radius 3 is 2.40 bits per heavy atom. The van der Waals surface area contributed by atoms with Crippen LogP contribution in [-0.4, -0.2) is 27.1 Å². The van der Waals surface area contributed by atoms with Crippen molar-refractivity contribution in [3.63, 3.8) is 0 Å². The summed E-state index contributed by atoms with van der Waals surface area (Å²) >= 11 is 0. The molecule has 2 unspecified atom stereocenters. The molecule has 0 radical (unpaired) electrons. The minimum atomic E-state index is -1.28. The lowest BCUT2D eigenvalue weighted by Crippen LogP contribution is -2.51. The van der Waals surface area contributed by atoms with Gasteiger partial charge in [-0.15, -0.1) is 0 Å². The SMILES string of the molecule is N#Cc1c(-c2c[nH]c3c(F)cc(F)cc23)nc(NC2C3CCC(CC3)C2C(=O)O)c(F)c1-c1ccc(F)c(F)c1. The fourth-order valence-corrected chi connectivity index (χ4v) is 6.41. The number of carboxylic acids is 1. The van der Waals surface area contributed by atoms with Crippen molar-refractivity contribution in [1.82, 2.24) is 9.97 Å². The van der Waals surface area contributed by atoms with E-state index in [1.807, 2.05) is 6.07 Å². The molecule has 2 aromatic carbocycles. The van der Waals surface area contributed by atoms with Crippen LogP contribution in [0, 0.1) is 58.2 Å². The van der Waals surface area contributed by atoms with Gasteiger partial charge in [-0.05, 0) is 61.3 Å². The molecule has 3 N–H and O–H groups in total. The minimum absolute atomic E-state index is 0.0235. The molecule has 3 saturated carbocycles. The van der Waals surface area contributed by atoms with Crippen LogP contribution >= 0.6 is 0 Å². The molecule has 6 nitrogen and oxygen atoms in total. The van der Waals surface area contributed by atoms with E-state index in [9.17, 15) is 32.7 Å². The van der Waals surface area contributed by atoms with Crippen LogP contribution in [0.15, 0.2) is 36.5 Å². The number of H-pyrrole nitrogens is 1. The first-order chi connectivity index (χ1) is 19.2. The quantitative estimate of drug-likeness (QED) is 0.237. The van der Waals surface area contributed by atoms with E-state index in [4.69, 9.17) is 0 Å². The Labute approximate surface area is 224 Å². The molecule has 2 heterocycles. The van der Waals surface area contributed by atoms with Gasteiger partial charge in [-0.2, -0.15) is 5.26 Å². The number of nitriles is 1. The number of anilines is 1. The van der Waals surface area contributed by atoms with Crippen LogP contribution in [0.5, 0.6) is 0 Å². The van der Waals surface area contributed by atoms with Gasteiger partial charge in [0.15, 0.2) is 23.3 Å². The minimum Gasteiger partial charge on any atom is -0.481 e. The number of aromatic amines is 1. The van der Waals surface area contributed by atoms with Gasteiger partial charge in [-0.25, -0.2) is 26.9 Å². The van der Waals surface area contributed by atoms with E-state index in [1.165, 1.54) is 6.20 Å². The molecule has 2 atom stereocenters. The molecule has 0 amide bonds. The van der Waals surface area contributed by atoms with Crippen LogP contribution in [0.2, 0.25) is 0 Å². The van der Waals surface area contributed by atoms with E-state index >= 15 is 4.39 Å². The number of carbonyl (C=O) groups is 1. The number of hydrogen-bond acceptors (Lipinski definition) is 4. The first kappa shape index (κ1) is 25.8. The van der Waals surface area contributed by atoms with E-state index < -0.39 is 58.4 Å². The van der Waals surface area contributed by atoms with Gasteiger partial charge in [-0.3, -0.25) is 4.79 Å². The number of nitrogens with one attached hydrogen (secondary N) is 2. The third kappa shape index (κ3) is 4.06. The van der Waals surface area contributed by atoms with Crippen molar-refractivity contribution in [1.29, 1.82) is 5.26 Å². The second-order valence-electron chi connectivity index (χ2n) is 10.3. The van der Waals surface area contributed by atoms with Crippen LogP contribution in [0.4, 0.5) is 27.8 Å². The number of halogens is 5. The summed E-state index contributed by atoms with van der Waals surface area (Å²) < 4.78 is 72.9. The molecule has 2 aromatic heterocycles. The van der Waals surface area contributed by atoms with Gasteiger partial charge in [0.1, 0.15) is 17.7 Å². The normalized spacial score (nSPS) is 21.9. The zero-order valence-corrected chi connectivity index (χ0v) is 20.7. The molecule has 204 valence electrons. The maximum absolute atomic E-state index is 16.3. The number of benzene rings is 2. The van der Waals surface area contributed by atoms with Gasteiger partial charge in [0, 0.05) is 34.8 Å². The van der Waals surface area contributed by atoms with Gasteiger partial charge < -0.3 is 15.4 Å². The number of aromatic nitrogens is 2. The molecular formula is C29H21F5N4O2. The lowest BCUT2D eigenvalue weighted by Gasteiger charge is -2.47. The van der Waals surface area contributed by atoms with Crippen LogP contribution in [0.25, 0.3) is 33.3 Å². The number of aliphatic carboxylic acids is 1. The Kier molecular flexibility index (Phi) is 6.21. The van der Waals surface area contributed by atoms with Gasteiger partial charge >= 0.3 is 5.97 Å². The van der Waals surface area contributed by atoms with Gasteiger partial charge in [-0.1, -0.05) is 6.07 Å². The van der Waals surface area contributed by atoms with Crippen molar-refractivity contribution in [2.75, 3.05) is 5.32 Å². The summed E-state index contributed by atoms with van der Waals surface area (Å²) in [5, 5.41) is 23.1. The second-order valence-corrected chi connectivity index (χ2v) is 10.3. The zero-order valence-electron chi connectivity index (χ0n) is 20.7. The Balaban J connectivity index is 1.60. The molecule has 7 rings (SSSR count). The Hall–Kier alpha value is -4.46. The number of hydrogen-bond donors (Lipinski definition) is 3. The fraction of sp³-hybridized carbons (Fsp3) is 0.276. The predicted molar refractivity (Wildman–Crippen MR) is 135 cm³/mol. The van der Waals surface area contributed by atoms with E-state index in [0.29, 0.717) is 6.07 Å². The zero-order chi connectivity index (χ0) is 28.3. The van der Waals surface area contributed by atoms with E-state index in [2.05, 4.69) is 15.3 Å². The predicted octanol–water partition coefficient (Wildman–Crippen LogP) is 6.77. The van der Waals surface area contributed by atoms with Gasteiger partial charge in [0.25, 0.3) is 0 Å². The first-order valence-corrected chi connectivity index (χ1v) is 12.7. The van der Waals surface area contributed by atoms with E-state index in [-0.39, 0.29) is 45.1 Å². The summed E-state index contributed by atoms with van der Waals surface area (Å²) in [7, 11) is 0. The summed E-state index contributed by atoms with van der Waals surface area (Å²) in [5.41, 5.74) is -1.14. The third-order valence-electron chi connectivity index (χ3n) is 8.23. The highest BCUT2D eigenvalue weighted by Crippen LogP contribution is 2.47. The second kappa shape index (κ2) is 9.62. The highest BCUT2D eigenvalue weighted by molar-refractivity contribution is 5.98. The lowest BCUT2D eigenvalue weighted by molar-refractivity contribution is -0.148. The van der Waals surface area contributed by atoms with Crippen LogP contribution in [0.1, 0.15) is 31.2 Å². The number of nitrogens with zero attached hydrogens (tertiary/aromatic N) is 2. The molecule has 0 aliphatic heterocycles. The molecule has 0 spiro atoms. The van der Waals surface area contributed by atoms with Crippen molar-refractivity contribution >= 4 is 22.7 Å². The van der Waals surface area contributed by atoms with E-state index in [0.717, 1.165) is 49.9 Å². The standard InChI is InChI=1S/C29H21F5N4O2/c30-15-8-16-18(11-36-27(16)21(33)9-15)26-17(10-35)22(14-5-6-19(31)20(32)7-14)24(34)28(38-26)37-25-13-3-1-12(2-4-13)23(25)29(39)40/h5-9,11-13,23,25,36H,1-4H2,(H,37,38)(H,39,40). The van der Waals surface area contributed by atoms with Crippen molar-refractivity contribution in [2.45, 2.75) is 31.7 Å². The fourth-order valence-electron chi connectivity index (χ4n) is 6.41. The van der Waals surface area contributed by atoms with Crippen LogP contribution < -0.4 is 5.32 Å². The topological polar surface area (TPSA) is 102 Å². The van der Waals surface area contributed by atoms with Crippen molar-refractivity contribution in [3.8, 4) is 28.5 Å². The monoisotopic (exact) mass is 552 g/mol. The summed E-state index contributed by atoms with van der Waals surface area (Å²) in [5.74, 6) is -7.73. The van der Waals surface area contributed by atoms with Gasteiger partial charge in [0.2, 0.25) is 0 Å². The Morgan fingerprint density at radius 1 is 1.00 bits per heavy atom. The van der Waals surface area contributed by atoms with Crippen molar-refractivity contribution < 1.29 is 31.9 Å². The molecule has 11 heteroatoms. The van der Waals surface area contributed by atoms with Crippen LogP contribution in [-0.2, 0) is 4.79 Å². The average molecular weight is 553 g/mol. The van der Waals surface area contributed by atoms with Crippen LogP contribution in [0.3, 0.4) is 0 Å². The molecule has 3 aliphatic rings. The molecule has 0 saturated heterocycles. The number of pyridine rings is 1. The maximum atomic E-state index is 16.3. The number of carboxylic acid groups (broad SMARTS) is 1. The maximum Gasteiger partial charge on any atom is 0.308 e. The van der Waals surface area contributed by atoms with Crippen molar-refractivity contribution in [2.24, 2.45) is 17.8 Å². The Bertz CT molecular complexity index is 1720. The average Bonchev–Trinajstić information content (AvgIpc) is 3.35. The largest absolute Gasteiger partial charge is 0.481 e. The smallest absolute Gasteiger partial charge is 0.308 e. The molecule has 4 aromatic rings. The summed E-state index contributed by atoms with van der Waals surface area (Å²) in [4.78, 5) is 19.2. The lowest BCUT2D eigenvalue weighted by atomic mass is 9.61.